The summed E-state index contributed by atoms with van der Waals surface area (Å²) in [4.78, 5) is 6.49. The third kappa shape index (κ3) is 8.42. The lowest BCUT2D eigenvalue weighted by molar-refractivity contribution is 0.241. The first kappa shape index (κ1) is 25.6. The van der Waals surface area contributed by atoms with Gasteiger partial charge in [-0.05, 0) is 37.2 Å². The molecule has 7 nitrogen and oxygen atoms in total. The summed E-state index contributed by atoms with van der Waals surface area (Å²) in [5, 5.41) is 6.72. The average Bonchev–Trinajstić information content (AvgIpc) is 2.59. The van der Waals surface area contributed by atoms with Crippen LogP contribution >= 0.6 is 24.0 Å². The van der Waals surface area contributed by atoms with E-state index >= 15 is 0 Å². The standard InChI is InChI=1S/C19H34N4O3.HI/c1-19(2,13-23(4)5)12-22-18(20-3)21-11-14-9-15(24-6)17(26-8)16(10-14)25-7;/h9-10H,11-13H2,1-8H3,(H2,20,21,22);1H. The van der Waals surface area contributed by atoms with Gasteiger partial charge in [0, 0.05) is 26.7 Å². The van der Waals surface area contributed by atoms with E-state index in [1.807, 2.05) is 12.1 Å². The molecule has 1 aromatic carbocycles. The number of hydrogen-bond acceptors (Lipinski definition) is 5. The molecule has 8 heteroatoms. The molecule has 0 saturated heterocycles. The van der Waals surface area contributed by atoms with Crippen LogP contribution in [0.2, 0.25) is 0 Å². The molecule has 0 radical (unpaired) electrons. The third-order valence-electron chi connectivity index (χ3n) is 3.89. The minimum absolute atomic E-state index is 0. The molecule has 1 aromatic rings. The molecule has 0 aliphatic heterocycles. The molecular formula is C19H35IN4O3. The van der Waals surface area contributed by atoms with Gasteiger partial charge in [-0.25, -0.2) is 0 Å². The maximum absolute atomic E-state index is 5.40. The van der Waals surface area contributed by atoms with E-state index in [0.29, 0.717) is 23.8 Å². The minimum atomic E-state index is 0. The topological polar surface area (TPSA) is 67.4 Å². The zero-order chi connectivity index (χ0) is 19.7. The quantitative estimate of drug-likeness (QED) is 0.313. The molecule has 156 valence electrons. The maximum Gasteiger partial charge on any atom is 0.203 e. The zero-order valence-electron chi connectivity index (χ0n) is 17.8. The van der Waals surface area contributed by atoms with E-state index in [4.69, 9.17) is 14.2 Å². The van der Waals surface area contributed by atoms with Crippen LogP contribution < -0.4 is 24.8 Å². The molecule has 0 spiro atoms. The summed E-state index contributed by atoms with van der Waals surface area (Å²) in [5.74, 6) is 2.62. The van der Waals surface area contributed by atoms with Gasteiger partial charge in [-0.2, -0.15) is 0 Å². The van der Waals surface area contributed by atoms with Crippen LogP contribution in [0.4, 0.5) is 0 Å². The van der Waals surface area contributed by atoms with Crippen molar-refractivity contribution in [3.8, 4) is 17.2 Å². The maximum atomic E-state index is 5.40. The third-order valence-corrected chi connectivity index (χ3v) is 3.89. The number of nitrogens with zero attached hydrogens (tertiary/aromatic N) is 2. The van der Waals surface area contributed by atoms with E-state index < -0.39 is 0 Å². The normalized spacial score (nSPS) is 11.7. The van der Waals surface area contributed by atoms with E-state index in [1.54, 1.807) is 28.4 Å². The molecule has 0 atom stereocenters. The number of aliphatic imine (C=N–C) groups is 1. The lowest BCUT2D eigenvalue weighted by Crippen LogP contribution is -2.44. The second kappa shape index (κ2) is 12.1. The van der Waals surface area contributed by atoms with Crippen molar-refractivity contribution in [2.45, 2.75) is 20.4 Å². The molecule has 0 aliphatic carbocycles. The lowest BCUT2D eigenvalue weighted by atomic mass is 9.93. The molecule has 27 heavy (non-hydrogen) atoms. The van der Waals surface area contributed by atoms with Crippen molar-refractivity contribution in [1.82, 2.24) is 15.5 Å². The van der Waals surface area contributed by atoms with Gasteiger partial charge in [0.2, 0.25) is 5.75 Å². The monoisotopic (exact) mass is 494 g/mol. The highest BCUT2D eigenvalue weighted by Crippen LogP contribution is 2.38. The fraction of sp³-hybridized carbons (Fsp3) is 0.632. The SMILES string of the molecule is CN=C(NCc1cc(OC)c(OC)c(OC)c1)NCC(C)(C)CN(C)C.I. The summed E-state index contributed by atoms with van der Waals surface area (Å²) in [6.07, 6.45) is 0. The predicted octanol–water partition coefficient (Wildman–Crippen LogP) is 2.58. The van der Waals surface area contributed by atoms with Gasteiger partial charge < -0.3 is 29.7 Å². The molecule has 0 unspecified atom stereocenters. The Morgan fingerprint density at radius 1 is 1.04 bits per heavy atom. The number of methoxy groups -OCH3 is 3. The summed E-state index contributed by atoms with van der Waals surface area (Å²) in [6, 6.07) is 3.86. The highest BCUT2D eigenvalue weighted by molar-refractivity contribution is 14.0. The first-order chi connectivity index (χ1) is 12.3. The number of benzene rings is 1. The predicted molar refractivity (Wildman–Crippen MR) is 122 cm³/mol. The summed E-state index contributed by atoms with van der Waals surface area (Å²) in [6.45, 7) is 6.85. The molecule has 0 aromatic heterocycles. The van der Waals surface area contributed by atoms with Gasteiger partial charge in [-0.1, -0.05) is 13.8 Å². The Hall–Kier alpha value is -1.42. The Kier molecular flexibility index (Phi) is 11.5. The second-order valence-corrected chi connectivity index (χ2v) is 7.21. The van der Waals surface area contributed by atoms with Crippen LogP contribution in [-0.4, -0.2) is 66.4 Å². The van der Waals surface area contributed by atoms with Crippen LogP contribution in [0.5, 0.6) is 17.2 Å². The smallest absolute Gasteiger partial charge is 0.203 e. The van der Waals surface area contributed by atoms with Crippen LogP contribution in [0, 0.1) is 5.41 Å². The first-order valence-corrected chi connectivity index (χ1v) is 8.64. The fourth-order valence-electron chi connectivity index (χ4n) is 2.88. The fourth-order valence-corrected chi connectivity index (χ4v) is 2.88. The Morgan fingerprint density at radius 3 is 2.00 bits per heavy atom. The van der Waals surface area contributed by atoms with Gasteiger partial charge in [0.1, 0.15) is 0 Å². The van der Waals surface area contributed by atoms with Crippen molar-refractivity contribution >= 4 is 29.9 Å². The van der Waals surface area contributed by atoms with Gasteiger partial charge in [0.05, 0.1) is 21.3 Å². The van der Waals surface area contributed by atoms with Gasteiger partial charge in [-0.3, -0.25) is 4.99 Å². The number of rotatable bonds is 9. The molecule has 0 bridgehead atoms. The van der Waals surface area contributed by atoms with Crippen molar-refractivity contribution in [1.29, 1.82) is 0 Å². The van der Waals surface area contributed by atoms with Gasteiger partial charge in [0.25, 0.3) is 0 Å². The second-order valence-electron chi connectivity index (χ2n) is 7.21. The summed E-state index contributed by atoms with van der Waals surface area (Å²) in [7, 11) is 10.8. The average molecular weight is 494 g/mol. The molecular weight excluding hydrogens is 459 g/mol. The van der Waals surface area contributed by atoms with Gasteiger partial charge >= 0.3 is 0 Å². The largest absolute Gasteiger partial charge is 0.493 e. The van der Waals surface area contributed by atoms with Crippen molar-refractivity contribution in [3.05, 3.63) is 17.7 Å². The van der Waals surface area contributed by atoms with E-state index in [2.05, 4.69) is 48.5 Å². The van der Waals surface area contributed by atoms with Crippen LogP contribution in [0.3, 0.4) is 0 Å². The van der Waals surface area contributed by atoms with Gasteiger partial charge in [-0.15, -0.1) is 24.0 Å². The van der Waals surface area contributed by atoms with Crippen molar-refractivity contribution in [2.24, 2.45) is 10.4 Å². The van der Waals surface area contributed by atoms with Crippen molar-refractivity contribution < 1.29 is 14.2 Å². The Bertz CT molecular complexity index is 582. The number of guanidine groups is 1. The molecule has 0 heterocycles. The summed E-state index contributed by atoms with van der Waals surface area (Å²) >= 11 is 0. The first-order valence-electron chi connectivity index (χ1n) is 8.64. The highest BCUT2D eigenvalue weighted by atomic mass is 127. The minimum Gasteiger partial charge on any atom is -0.493 e. The van der Waals surface area contributed by atoms with Crippen LogP contribution in [0.25, 0.3) is 0 Å². The highest BCUT2D eigenvalue weighted by Gasteiger charge is 2.19. The lowest BCUT2D eigenvalue weighted by Gasteiger charge is -2.29. The number of nitrogens with one attached hydrogen (secondary N) is 2. The molecule has 0 amide bonds. The van der Waals surface area contributed by atoms with Crippen LogP contribution in [0.1, 0.15) is 19.4 Å². The molecule has 0 saturated carbocycles. The van der Waals surface area contributed by atoms with E-state index in [9.17, 15) is 0 Å². The van der Waals surface area contributed by atoms with Gasteiger partial charge in [0.15, 0.2) is 17.5 Å². The van der Waals surface area contributed by atoms with Crippen LogP contribution in [0.15, 0.2) is 17.1 Å². The van der Waals surface area contributed by atoms with Crippen molar-refractivity contribution in [2.75, 3.05) is 55.6 Å². The molecule has 2 N–H and O–H groups in total. The Balaban J connectivity index is 0.00000676. The van der Waals surface area contributed by atoms with Crippen molar-refractivity contribution in [3.63, 3.8) is 0 Å². The zero-order valence-corrected chi connectivity index (χ0v) is 20.1. The molecule has 0 fully saturated rings. The molecule has 0 aliphatic rings. The number of hydrogen-bond donors (Lipinski definition) is 2. The number of halogens is 1. The summed E-state index contributed by atoms with van der Waals surface area (Å²) < 4.78 is 16.2. The Labute approximate surface area is 180 Å². The Morgan fingerprint density at radius 2 is 1.59 bits per heavy atom. The summed E-state index contributed by atoms with van der Waals surface area (Å²) in [5.41, 5.74) is 1.14. The number of ether oxygens (including phenoxy) is 3. The van der Waals surface area contributed by atoms with E-state index in [1.165, 1.54) is 0 Å². The molecule has 1 rings (SSSR count). The van der Waals surface area contributed by atoms with E-state index in [-0.39, 0.29) is 29.4 Å². The van der Waals surface area contributed by atoms with E-state index in [0.717, 1.165) is 24.6 Å². The van der Waals surface area contributed by atoms with Crippen LogP contribution in [-0.2, 0) is 6.54 Å².